The van der Waals surface area contributed by atoms with Crippen LogP contribution < -0.4 is 0 Å². The van der Waals surface area contributed by atoms with Gasteiger partial charge in [-0.1, -0.05) is 188 Å². The van der Waals surface area contributed by atoms with Crippen LogP contribution in [0, 0.1) is 0 Å². The first-order valence-corrected chi connectivity index (χ1v) is 21.4. The second-order valence-corrected chi connectivity index (χ2v) is 16.2. The molecule has 0 atom stereocenters. The van der Waals surface area contributed by atoms with E-state index in [0.717, 1.165) is 76.9 Å². The molecule has 4 nitrogen and oxygen atoms in total. The Hall–Kier alpha value is -8.47. The maximum absolute atomic E-state index is 6.64. The van der Waals surface area contributed by atoms with Gasteiger partial charge in [-0.15, -0.1) is 0 Å². The lowest BCUT2D eigenvalue weighted by atomic mass is 9.89. The zero-order valence-corrected chi connectivity index (χ0v) is 34.0. The standard InChI is InChI=1S/C59H35N3O/c1-4-19-39-36(15-1)18-13-27-43(39)49-32-31-37-16-2-6-21-41(37)55(49)59-61-57(60-58(62-59)52-29-14-28-50-48-26-11-12-30-54(48)63-56(50)52)51-34-33-47(44-23-8-9-24-45(44)51)53-35-38-17-3-5-20-40(38)42-22-7-10-25-46(42)53/h1-35H. The highest BCUT2D eigenvalue weighted by Gasteiger charge is 2.23. The third kappa shape index (κ3) is 5.59. The first-order chi connectivity index (χ1) is 31.2. The van der Waals surface area contributed by atoms with E-state index in [1.807, 2.05) is 18.2 Å². The fourth-order valence-corrected chi connectivity index (χ4v) is 9.86. The smallest absolute Gasteiger partial charge is 0.167 e. The number of hydrogen-bond donors (Lipinski definition) is 0. The molecular formula is C59H35N3O. The Labute approximate surface area is 362 Å². The molecule has 0 aliphatic carbocycles. The highest BCUT2D eigenvalue weighted by molar-refractivity contribution is 6.17. The van der Waals surface area contributed by atoms with Gasteiger partial charge in [0.05, 0.1) is 5.56 Å². The molecule has 13 rings (SSSR count). The number of nitrogens with zero attached hydrogens (tertiary/aromatic N) is 3. The average molecular weight is 802 g/mol. The SMILES string of the molecule is c1ccc2c(-c3ccc4ccccc4c3-c3nc(-c4ccc(-c5cc6ccccc6c6ccccc56)c5ccccc45)nc(-c4cccc5c4oc4ccccc45)n3)cccc2c1. The molecule has 0 aliphatic heterocycles. The van der Waals surface area contributed by atoms with Crippen molar-refractivity contribution in [1.82, 2.24) is 15.0 Å². The van der Waals surface area contributed by atoms with Crippen LogP contribution in [0.1, 0.15) is 0 Å². The van der Waals surface area contributed by atoms with E-state index in [1.54, 1.807) is 0 Å². The van der Waals surface area contributed by atoms with Crippen LogP contribution >= 0.6 is 0 Å². The second-order valence-electron chi connectivity index (χ2n) is 16.2. The summed E-state index contributed by atoms with van der Waals surface area (Å²) in [6.45, 7) is 0. The molecule has 0 saturated carbocycles. The van der Waals surface area contributed by atoms with Gasteiger partial charge in [0.2, 0.25) is 0 Å². The maximum Gasteiger partial charge on any atom is 0.167 e. The highest BCUT2D eigenvalue weighted by Crippen LogP contribution is 2.44. The average Bonchev–Trinajstić information content (AvgIpc) is 3.74. The van der Waals surface area contributed by atoms with Crippen molar-refractivity contribution >= 4 is 75.8 Å². The first-order valence-electron chi connectivity index (χ1n) is 21.4. The summed E-state index contributed by atoms with van der Waals surface area (Å²) in [7, 11) is 0. The van der Waals surface area contributed by atoms with Crippen LogP contribution in [0.5, 0.6) is 0 Å². The summed E-state index contributed by atoms with van der Waals surface area (Å²) in [4.78, 5) is 16.4. The quantitative estimate of drug-likeness (QED) is 0.163. The van der Waals surface area contributed by atoms with Gasteiger partial charge in [-0.3, -0.25) is 0 Å². The molecule has 0 unspecified atom stereocenters. The van der Waals surface area contributed by atoms with Gasteiger partial charge < -0.3 is 4.42 Å². The van der Waals surface area contributed by atoms with Gasteiger partial charge >= 0.3 is 0 Å². The van der Waals surface area contributed by atoms with Crippen LogP contribution in [-0.4, -0.2) is 15.0 Å². The van der Waals surface area contributed by atoms with Crippen molar-refractivity contribution in [3.8, 4) is 56.4 Å². The summed E-state index contributed by atoms with van der Waals surface area (Å²) in [6, 6.07) is 75.3. The van der Waals surface area contributed by atoms with Crippen LogP contribution in [-0.2, 0) is 0 Å². The highest BCUT2D eigenvalue weighted by atomic mass is 16.3. The molecule has 0 spiro atoms. The molecule has 0 saturated heterocycles. The summed E-state index contributed by atoms with van der Waals surface area (Å²) in [5, 5.41) is 13.7. The molecule has 4 heteroatoms. The van der Waals surface area contributed by atoms with E-state index in [0.29, 0.717) is 17.5 Å². The van der Waals surface area contributed by atoms with Crippen LogP contribution in [0.25, 0.3) is 132 Å². The zero-order valence-electron chi connectivity index (χ0n) is 34.0. The van der Waals surface area contributed by atoms with Crippen LogP contribution in [0.15, 0.2) is 217 Å². The van der Waals surface area contributed by atoms with Crippen LogP contribution in [0.4, 0.5) is 0 Å². The van der Waals surface area contributed by atoms with Gasteiger partial charge in [-0.25, -0.2) is 15.0 Å². The van der Waals surface area contributed by atoms with E-state index < -0.39 is 0 Å². The number of fused-ring (bicyclic) bond motifs is 9. The molecule has 0 radical (unpaired) electrons. The summed E-state index contributed by atoms with van der Waals surface area (Å²) in [5.74, 6) is 1.73. The number of para-hydroxylation sites is 2. The van der Waals surface area contributed by atoms with E-state index >= 15 is 0 Å². The third-order valence-corrected chi connectivity index (χ3v) is 12.7. The molecule has 63 heavy (non-hydrogen) atoms. The van der Waals surface area contributed by atoms with Gasteiger partial charge in [0.15, 0.2) is 17.5 Å². The number of rotatable bonds is 5. The van der Waals surface area contributed by atoms with Crippen molar-refractivity contribution < 1.29 is 4.42 Å². The minimum atomic E-state index is 0.546. The predicted molar refractivity (Wildman–Crippen MR) is 262 cm³/mol. The molecule has 0 aliphatic rings. The molecule has 13 aromatic rings. The van der Waals surface area contributed by atoms with Crippen molar-refractivity contribution in [2.45, 2.75) is 0 Å². The normalized spacial score (nSPS) is 11.8. The maximum atomic E-state index is 6.64. The van der Waals surface area contributed by atoms with Gasteiger partial charge in [0, 0.05) is 21.9 Å². The van der Waals surface area contributed by atoms with Gasteiger partial charge in [0.25, 0.3) is 0 Å². The van der Waals surface area contributed by atoms with Crippen molar-refractivity contribution in [3.63, 3.8) is 0 Å². The Bertz CT molecular complexity index is 3990. The summed E-state index contributed by atoms with van der Waals surface area (Å²) >= 11 is 0. The van der Waals surface area contributed by atoms with E-state index in [2.05, 4.69) is 194 Å². The molecule has 0 N–H and O–H groups in total. The molecule has 2 heterocycles. The number of benzene rings is 11. The molecule has 292 valence electrons. The van der Waals surface area contributed by atoms with Crippen molar-refractivity contribution in [2.75, 3.05) is 0 Å². The van der Waals surface area contributed by atoms with E-state index in [-0.39, 0.29) is 0 Å². The van der Waals surface area contributed by atoms with E-state index in [9.17, 15) is 0 Å². The van der Waals surface area contributed by atoms with E-state index in [1.165, 1.54) is 37.9 Å². The summed E-state index contributed by atoms with van der Waals surface area (Å²) in [6.07, 6.45) is 0. The lowest BCUT2D eigenvalue weighted by Crippen LogP contribution is -2.02. The predicted octanol–water partition coefficient (Wildman–Crippen LogP) is 15.9. The lowest BCUT2D eigenvalue weighted by molar-refractivity contribution is 0.669. The first kappa shape index (κ1) is 35.3. The Kier molecular flexibility index (Phi) is 7.87. The minimum absolute atomic E-state index is 0.546. The largest absolute Gasteiger partial charge is 0.455 e. The van der Waals surface area contributed by atoms with Gasteiger partial charge in [-0.2, -0.15) is 0 Å². The molecule has 0 amide bonds. The second kappa shape index (κ2) is 14.1. The molecule has 11 aromatic carbocycles. The van der Waals surface area contributed by atoms with E-state index in [4.69, 9.17) is 19.4 Å². The molecule has 0 bridgehead atoms. The van der Waals surface area contributed by atoms with Crippen LogP contribution in [0.2, 0.25) is 0 Å². The third-order valence-electron chi connectivity index (χ3n) is 12.7. The summed E-state index contributed by atoms with van der Waals surface area (Å²) < 4.78 is 6.64. The summed E-state index contributed by atoms with van der Waals surface area (Å²) in [5.41, 5.74) is 8.78. The molecule has 2 aromatic heterocycles. The Balaban J connectivity index is 1.11. The molecule has 0 fully saturated rings. The number of furan rings is 1. The molecular weight excluding hydrogens is 767 g/mol. The minimum Gasteiger partial charge on any atom is -0.455 e. The van der Waals surface area contributed by atoms with Crippen LogP contribution in [0.3, 0.4) is 0 Å². The Morgan fingerprint density at radius 1 is 0.254 bits per heavy atom. The fourth-order valence-electron chi connectivity index (χ4n) is 9.86. The Morgan fingerprint density at radius 3 is 1.52 bits per heavy atom. The van der Waals surface area contributed by atoms with Crippen molar-refractivity contribution in [3.05, 3.63) is 212 Å². The number of hydrogen-bond acceptors (Lipinski definition) is 4. The fraction of sp³-hybridized carbons (Fsp3) is 0. The number of aromatic nitrogens is 3. The van der Waals surface area contributed by atoms with Gasteiger partial charge in [0.1, 0.15) is 11.2 Å². The van der Waals surface area contributed by atoms with Gasteiger partial charge in [-0.05, 0) is 100 Å². The van der Waals surface area contributed by atoms with Crippen molar-refractivity contribution in [2.24, 2.45) is 0 Å². The van der Waals surface area contributed by atoms with Crippen molar-refractivity contribution in [1.29, 1.82) is 0 Å². The Morgan fingerprint density at radius 2 is 0.730 bits per heavy atom. The zero-order chi connectivity index (χ0) is 41.4. The topological polar surface area (TPSA) is 51.8 Å². The monoisotopic (exact) mass is 801 g/mol. The lowest BCUT2D eigenvalue weighted by Gasteiger charge is -2.17.